The highest BCUT2D eigenvalue weighted by molar-refractivity contribution is 7.89. The van der Waals surface area contributed by atoms with Crippen LogP contribution in [0.1, 0.15) is 26.1 Å². The third kappa shape index (κ3) is 2.43. The van der Waals surface area contributed by atoms with E-state index in [0.29, 0.717) is 31.8 Å². The molecule has 1 fully saturated rings. The number of aliphatic hydroxyl groups is 1. The van der Waals surface area contributed by atoms with Crippen molar-refractivity contribution in [2.24, 2.45) is 5.92 Å². The zero-order valence-corrected chi connectivity index (χ0v) is 11.4. The number of aromatic nitrogens is 2. The fourth-order valence-corrected chi connectivity index (χ4v) is 3.59. The van der Waals surface area contributed by atoms with Gasteiger partial charge in [0.25, 0.3) is 10.0 Å². The SMILES string of the molecule is CCc1ncc(S(=O)(=O)N2CCC(O)C(C)C2)[nH]1. The van der Waals surface area contributed by atoms with Crippen molar-refractivity contribution in [1.82, 2.24) is 14.3 Å². The topological polar surface area (TPSA) is 86.3 Å². The maximum Gasteiger partial charge on any atom is 0.260 e. The van der Waals surface area contributed by atoms with Crippen LogP contribution >= 0.6 is 0 Å². The molecule has 1 aromatic rings. The van der Waals surface area contributed by atoms with Crippen LogP contribution in [0.5, 0.6) is 0 Å². The van der Waals surface area contributed by atoms with Gasteiger partial charge in [0.15, 0.2) is 5.03 Å². The van der Waals surface area contributed by atoms with Crippen molar-refractivity contribution in [3.63, 3.8) is 0 Å². The molecular weight excluding hydrogens is 254 g/mol. The molecular formula is C11H19N3O3S. The van der Waals surface area contributed by atoms with Crippen LogP contribution in [0.15, 0.2) is 11.2 Å². The lowest BCUT2D eigenvalue weighted by Crippen LogP contribution is -2.44. The van der Waals surface area contributed by atoms with Gasteiger partial charge in [0.1, 0.15) is 5.82 Å². The summed E-state index contributed by atoms with van der Waals surface area (Å²) in [4.78, 5) is 6.84. The van der Waals surface area contributed by atoms with Gasteiger partial charge in [0, 0.05) is 19.5 Å². The minimum atomic E-state index is -3.50. The van der Waals surface area contributed by atoms with Crippen LogP contribution in [0.3, 0.4) is 0 Å². The van der Waals surface area contributed by atoms with Crippen LogP contribution in [0, 0.1) is 5.92 Å². The molecule has 0 bridgehead atoms. The Balaban J connectivity index is 2.21. The van der Waals surface area contributed by atoms with Crippen molar-refractivity contribution < 1.29 is 13.5 Å². The number of piperidine rings is 1. The average Bonchev–Trinajstić information content (AvgIpc) is 2.81. The number of H-pyrrole nitrogens is 1. The Bertz CT molecular complexity index is 511. The van der Waals surface area contributed by atoms with Gasteiger partial charge in [-0.05, 0) is 12.3 Å². The Labute approximate surface area is 107 Å². The molecule has 6 nitrogen and oxygen atoms in total. The van der Waals surface area contributed by atoms with Gasteiger partial charge in [-0.3, -0.25) is 0 Å². The molecule has 0 aliphatic carbocycles. The van der Waals surface area contributed by atoms with E-state index in [1.54, 1.807) is 0 Å². The fraction of sp³-hybridized carbons (Fsp3) is 0.727. The third-order valence-corrected chi connectivity index (χ3v) is 5.16. The number of aryl methyl sites for hydroxylation is 1. The van der Waals surface area contributed by atoms with E-state index in [4.69, 9.17) is 0 Å². The molecule has 1 saturated heterocycles. The summed E-state index contributed by atoms with van der Waals surface area (Å²) < 4.78 is 26.1. The van der Waals surface area contributed by atoms with Crippen molar-refractivity contribution in [3.8, 4) is 0 Å². The maximum absolute atomic E-state index is 12.3. The quantitative estimate of drug-likeness (QED) is 0.832. The zero-order valence-electron chi connectivity index (χ0n) is 10.6. The standard InChI is InChI=1S/C11H19N3O3S/c1-3-10-12-6-11(13-10)18(16,17)14-5-4-9(15)8(2)7-14/h6,8-9,15H,3-5,7H2,1-2H3,(H,12,13). The molecule has 2 rings (SSSR count). The molecule has 0 aromatic carbocycles. The summed E-state index contributed by atoms with van der Waals surface area (Å²) >= 11 is 0. The van der Waals surface area contributed by atoms with Crippen LogP contribution < -0.4 is 0 Å². The summed E-state index contributed by atoms with van der Waals surface area (Å²) in [5, 5.41) is 9.77. The summed E-state index contributed by atoms with van der Waals surface area (Å²) in [6, 6.07) is 0. The number of rotatable bonds is 3. The van der Waals surface area contributed by atoms with Gasteiger partial charge in [-0.25, -0.2) is 13.4 Å². The molecule has 0 amide bonds. The first-order chi connectivity index (χ1) is 8.45. The number of imidazole rings is 1. The summed E-state index contributed by atoms with van der Waals surface area (Å²) in [6.07, 6.45) is 2.10. The smallest absolute Gasteiger partial charge is 0.260 e. The predicted molar refractivity (Wildman–Crippen MR) is 66.5 cm³/mol. The first-order valence-electron chi connectivity index (χ1n) is 6.17. The highest BCUT2D eigenvalue weighted by Gasteiger charge is 2.33. The van der Waals surface area contributed by atoms with Crippen molar-refractivity contribution in [1.29, 1.82) is 0 Å². The molecule has 1 aromatic heterocycles. The predicted octanol–water partition coefficient (Wildman–Crippen LogP) is 0.363. The normalized spacial score (nSPS) is 26.4. The molecule has 102 valence electrons. The van der Waals surface area contributed by atoms with Crippen LogP contribution in [0.2, 0.25) is 0 Å². The van der Waals surface area contributed by atoms with Crippen LogP contribution in [0.25, 0.3) is 0 Å². The Morgan fingerprint density at radius 3 is 2.89 bits per heavy atom. The molecule has 2 N–H and O–H groups in total. The second kappa shape index (κ2) is 4.99. The van der Waals surface area contributed by atoms with Gasteiger partial charge >= 0.3 is 0 Å². The van der Waals surface area contributed by atoms with Gasteiger partial charge in [-0.2, -0.15) is 4.31 Å². The summed E-state index contributed by atoms with van der Waals surface area (Å²) in [6.45, 7) is 4.48. The van der Waals surface area contributed by atoms with Crippen LogP contribution in [-0.2, 0) is 16.4 Å². The van der Waals surface area contributed by atoms with E-state index in [-0.39, 0.29) is 10.9 Å². The Hall–Kier alpha value is -0.920. The molecule has 2 atom stereocenters. The van der Waals surface area contributed by atoms with Crippen molar-refractivity contribution >= 4 is 10.0 Å². The molecule has 1 aliphatic heterocycles. The number of sulfonamides is 1. The lowest BCUT2D eigenvalue weighted by atomic mass is 9.99. The van der Waals surface area contributed by atoms with Gasteiger partial charge in [-0.1, -0.05) is 13.8 Å². The second-order valence-electron chi connectivity index (χ2n) is 4.74. The molecule has 2 unspecified atom stereocenters. The minimum absolute atomic E-state index is 0.0397. The van der Waals surface area contributed by atoms with E-state index < -0.39 is 16.1 Å². The lowest BCUT2D eigenvalue weighted by molar-refractivity contribution is 0.0628. The number of hydrogen-bond acceptors (Lipinski definition) is 4. The number of aromatic amines is 1. The molecule has 0 spiro atoms. The fourth-order valence-electron chi connectivity index (χ4n) is 2.11. The monoisotopic (exact) mass is 273 g/mol. The largest absolute Gasteiger partial charge is 0.393 e. The highest BCUT2D eigenvalue weighted by atomic mass is 32.2. The van der Waals surface area contributed by atoms with E-state index >= 15 is 0 Å². The number of nitrogens with one attached hydrogen (secondary N) is 1. The number of nitrogens with zero attached hydrogens (tertiary/aromatic N) is 2. The van der Waals surface area contributed by atoms with E-state index in [1.165, 1.54) is 10.5 Å². The summed E-state index contributed by atoms with van der Waals surface area (Å²) in [7, 11) is -3.50. The maximum atomic E-state index is 12.3. The van der Waals surface area contributed by atoms with Crippen molar-refractivity contribution in [2.45, 2.75) is 37.8 Å². The third-order valence-electron chi connectivity index (χ3n) is 3.38. The molecule has 18 heavy (non-hydrogen) atoms. The lowest BCUT2D eigenvalue weighted by Gasteiger charge is -2.33. The number of aliphatic hydroxyl groups excluding tert-OH is 1. The molecule has 0 radical (unpaired) electrons. The molecule has 0 saturated carbocycles. The van der Waals surface area contributed by atoms with E-state index in [0.717, 1.165) is 0 Å². The zero-order chi connectivity index (χ0) is 13.3. The van der Waals surface area contributed by atoms with Gasteiger partial charge in [0.2, 0.25) is 0 Å². The van der Waals surface area contributed by atoms with Gasteiger partial charge in [-0.15, -0.1) is 0 Å². The van der Waals surface area contributed by atoms with Gasteiger partial charge in [0.05, 0.1) is 12.3 Å². The molecule has 7 heteroatoms. The first-order valence-corrected chi connectivity index (χ1v) is 7.61. The van der Waals surface area contributed by atoms with Crippen molar-refractivity contribution in [2.75, 3.05) is 13.1 Å². The summed E-state index contributed by atoms with van der Waals surface area (Å²) in [5.41, 5.74) is 0. The Morgan fingerprint density at radius 2 is 2.33 bits per heavy atom. The molecule has 1 aliphatic rings. The summed E-state index contributed by atoms with van der Waals surface area (Å²) in [5.74, 6) is 0.626. The number of hydrogen-bond donors (Lipinski definition) is 2. The van der Waals surface area contributed by atoms with E-state index in [1.807, 2.05) is 13.8 Å². The van der Waals surface area contributed by atoms with Gasteiger partial charge < -0.3 is 10.1 Å². The van der Waals surface area contributed by atoms with E-state index in [2.05, 4.69) is 9.97 Å². The van der Waals surface area contributed by atoms with Crippen LogP contribution in [-0.4, -0.2) is 47.0 Å². The highest BCUT2D eigenvalue weighted by Crippen LogP contribution is 2.22. The molecule has 2 heterocycles. The van der Waals surface area contributed by atoms with Crippen molar-refractivity contribution in [3.05, 3.63) is 12.0 Å². The first kappa shape index (κ1) is 13.5. The Morgan fingerprint density at radius 1 is 1.61 bits per heavy atom. The van der Waals surface area contributed by atoms with Crippen LogP contribution in [0.4, 0.5) is 0 Å². The van der Waals surface area contributed by atoms with E-state index in [9.17, 15) is 13.5 Å². The average molecular weight is 273 g/mol. The minimum Gasteiger partial charge on any atom is -0.393 e. The Kier molecular flexibility index (Phi) is 3.74. The second-order valence-corrected chi connectivity index (χ2v) is 6.65.